The summed E-state index contributed by atoms with van der Waals surface area (Å²) in [7, 11) is 6.46. The molecule has 11 atom stereocenters. The van der Waals surface area contributed by atoms with Gasteiger partial charge in [0, 0.05) is 46.2 Å². The average Bonchev–Trinajstić information content (AvgIpc) is 4.03. The van der Waals surface area contributed by atoms with Crippen molar-refractivity contribution in [2.75, 3.05) is 41.5 Å². The quantitative estimate of drug-likeness (QED) is 0.0898. The number of ether oxygens (including phenoxy) is 3. The number of carbonyl (C=O) groups excluding carboxylic acids is 6. The van der Waals surface area contributed by atoms with Gasteiger partial charge in [0.25, 0.3) is 5.91 Å². The molecule has 2 N–H and O–H groups in total. The van der Waals surface area contributed by atoms with Crippen molar-refractivity contribution in [2.24, 2.45) is 23.7 Å². The van der Waals surface area contributed by atoms with Crippen LogP contribution in [0, 0.1) is 23.7 Å². The minimum absolute atomic E-state index is 0.0187. The first-order valence-corrected chi connectivity index (χ1v) is 27.4. The van der Waals surface area contributed by atoms with Gasteiger partial charge in [-0.3, -0.25) is 43.9 Å². The SMILES string of the molecule is CC[C@H](C)[C@@H]([C@@H](CC(=O)N1CCC[C@H]1[C@H](OC)[C@@H](C)C(=O)N[C@@H](Cc1ccccc1)C(=O)N1OC2C=CC1CC2)OC)N(C)[C@H](C(=O)NC(=O)[C@H](C(C)C)N(C)C(=O)OCC1c2ccccc2-c2ccccc21)C(C)C. The van der Waals surface area contributed by atoms with Crippen molar-refractivity contribution >= 4 is 35.6 Å². The molecule has 0 radical (unpaired) electrons. The van der Waals surface area contributed by atoms with Crippen LogP contribution in [0.2, 0.25) is 0 Å². The van der Waals surface area contributed by atoms with Crippen LogP contribution < -0.4 is 10.6 Å². The molecule has 2 saturated heterocycles. The molecule has 3 aromatic rings. The van der Waals surface area contributed by atoms with Gasteiger partial charge in [-0.25, -0.2) is 9.86 Å². The summed E-state index contributed by atoms with van der Waals surface area (Å²) in [6, 6.07) is 21.9. The Bertz CT molecular complexity index is 2490. The molecule has 3 heterocycles. The summed E-state index contributed by atoms with van der Waals surface area (Å²) in [5.41, 5.74) is 5.24. The molecule has 16 heteroatoms. The third-order valence-electron chi connectivity index (χ3n) is 16.4. The zero-order valence-corrected chi connectivity index (χ0v) is 46.5. The van der Waals surface area contributed by atoms with Crippen LogP contribution in [0.3, 0.4) is 0 Å². The summed E-state index contributed by atoms with van der Waals surface area (Å²) in [6.07, 6.45) is 5.62. The maximum atomic E-state index is 14.7. The third kappa shape index (κ3) is 12.7. The monoisotopic (exact) mass is 1050 g/mol. The highest BCUT2D eigenvalue weighted by atomic mass is 16.7. The molecule has 5 aliphatic rings. The number of hydrogen-bond acceptors (Lipinski definition) is 11. The number of methoxy groups -OCH3 is 2. The van der Waals surface area contributed by atoms with Crippen molar-refractivity contribution in [2.45, 2.75) is 154 Å². The Balaban J connectivity index is 1.00. The van der Waals surface area contributed by atoms with Gasteiger partial charge in [-0.05, 0) is 78.3 Å². The molecule has 2 unspecified atom stereocenters. The lowest BCUT2D eigenvalue weighted by molar-refractivity contribution is -0.232. The van der Waals surface area contributed by atoms with E-state index in [2.05, 4.69) is 29.7 Å². The Hall–Kier alpha value is -5.94. The predicted octanol–water partition coefficient (Wildman–Crippen LogP) is 7.54. The minimum Gasteiger partial charge on any atom is -0.448 e. The van der Waals surface area contributed by atoms with Crippen LogP contribution in [-0.2, 0) is 49.4 Å². The Morgan fingerprint density at radius 3 is 1.92 bits per heavy atom. The maximum absolute atomic E-state index is 14.7. The summed E-state index contributed by atoms with van der Waals surface area (Å²) in [6.45, 7) is 13.9. The number of rotatable bonds is 23. The van der Waals surface area contributed by atoms with E-state index in [9.17, 15) is 28.8 Å². The Labute approximate surface area is 450 Å². The molecule has 3 aliphatic heterocycles. The van der Waals surface area contributed by atoms with E-state index < -0.39 is 66.2 Å². The number of nitrogens with one attached hydrogen (secondary N) is 2. The maximum Gasteiger partial charge on any atom is 0.410 e. The fourth-order valence-corrected chi connectivity index (χ4v) is 12.3. The highest BCUT2D eigenvalue weighted by Gasteiger charge is 2.45. The van der Waals surface area contributed by atoms with Crippen molar-refractivity contribution in [1.82, 2.24) is 30.4 Å². The van der Waals surface area contributed by atoms with E-state index in [1.54, 1.807) is 26.0 Å². The highest BCUT2D eigenvalue weighted by Crippen LogP contribution is 2.44. The second-order valence-corrected chi connectivity index (χ2v) is 22.0. The third-order valence-corrected chi connectivity index (χ3v) is 16.4. The molecule has 0 spiro atoms. The number of nitrogens with zero attached hydrogens (tertiary/aromatic N) is 4. The molecular formula is C60H82N6O10. The second kappa shape index (κ2) is 25.9. The van der Waals surface area contributed by atoms with Gasteiger partial charge in [-0.15, -0.1) is 0 Å². The molecule has 76 heavy (non-hydrogen) atoms. The van der Waals surface area contributed by atoms with Gasteiger partial charge in [0.15, 0.2) is 0 Å². The van der Waals surface area contributed by atoms with Crippen LogP contribution >= 0.6 is 0 Å². The van der Waals surface area contributed by atoms with Gasteiger partial charge in [0.2, 0.25) is 23.6 Å². The molecule has 8 rings (SSSR count). The van der Waals surface area contributed by atoms with Crippen molar-refractivity contribution in [3.8, 4) is 11.1 Å². The van der Waals surface area contributed by atoms with Crippen molar-refractivity contribution in [3.63, 3.8) is 0 Å². The fourth-order valence-electron chi connectivity index (χ4n) is 12.3. The van der Waals surface area contributed by atoms with Crippen molar-refractivity contribution in [1.29, 1.82) is 0 Å². The number of likely N-dealkylation sites (N-methyl/N-ethyl adjacent to an activating group) is 2. The molecule has 412 valence electrons. The lowest BCUT2D eigenvalue weighted by atomic mass is 9.87. The van der Waals surface area contributed by atoms with Crippen LogP contribution in [0.5, 0.6) is 0 Å². The lowest BCUT2D eigenvalue weighted by Crippen LogP contribution is -2.60. The number of amides is 6. The Morgan fingerprint density at radius 1 is 0.750 bits per heavy atom. The molecular weight excluding hydrogens is 965 g/mol. The largest absolute Gasteiger partial charge is 0.448 e. The molecule has 2 bridgehead atoms. The molecule has 0 saturated carbocycles. The second-order valence-electron chi connectivity index (χ2n) is 22.0. The predicted molar refractivity (Wildman–Crippen MR) is 290 cm³/mol. The number of hydroxylamine groups is 2. The molecule has 16 nitrogen and oxygen atoms in total. The van der Waals surface area contributed by atoms with E-state index in [0.717, 1.165) is 40.7 Å². The van der Waals surface area contributed by atoms with Gasteiger partial charge < -0.3 is 24.4 Å². The van der Waals surface area contributed by atoms with E-state index in [1.165, 1.54) is 17.0 Å². The van der Waals surface area contributed by atoms with Crippen LogP contribution in [0.25, 0.3) is 11.1 Å². The first-order chi connectivity index (χ1) is 36.4. The highest BCUT2D eigenvalue weighted by molar-refractivity contribution is 6.01. The van der Waals surface area contributed by atoms with Crippen LogP contribution in [-0.4, -0.2) is 151 Å². The fraction of sp³-hybridized carbons (Fsp3) is 0.567. The zero-order valence-electron chi connectivity index (χ0n) is 46.5. The number of fused-ring (bicyclic) bond motifs is 5. The first kappa shape index (κ1) is 57.8. The van der Waals surface area contributed by atoms with Gasteiger partial charge in [0.05, 0.1) is 42.7 Å². The summed E-state index contributed by atoms with van der Waals surface area (Å²) in [5.74, 6) is -3.64. The Morgan fingerprint density at radius 2 is 1.37 bits per heavy atom. The molecule has 2 aliphatic carbocycles. The van der Waals surface area contributed by atoms with Gasteiger partial charge in [-0.2, -0.15) is 0 Å². The van der Waals surface area contributed by atoms with Gasteiger partial charge in [0.1, 0.15) is 24.8 Å². The van der Waals surface area contributed by atoms with E-state index in [0.29, 0.717) is 25.8 Å². The van der Waals surface area contributed by atoms with Crippen molar-refractivity contribution < 1.29 is 47.8 Å². The molecule has 0 aromatic heterocycles. The van der Waals surface area contributed by atoms with Gasteiger partial charge in [-0.1, -0.05) is 146 Å². The number of hydrogen-bond donors (Lipinski definition) is 2. The van der Waals surface area contributed by atoms with Crippen LogP contribution in [0.15, 0.2) is 91.0 Å². The topological polar surface area (TPSA) is 176 Å². The summed E-state index contributed by atoms with van der Waals surface area (Å²) >= 11 is 0. The van der Waals surface area contributed by atoms with Gasteiger partial charge >= 0.3 is 6.09 Å². The molecule has 2 fully saturated rings. The number of benzene rings is 3. The van der Waals surface area contributed by atoms with Crippen LogP contribution in [0.4, 0.5) is 4.79 Å². The Kier molecular flexibility index (Phi) is 19.7. The smallest absolute Gasteiger partial charge is 0.410 e. The number of carbonyl (C=O) groups is 6. The summed E-state index contributed by atoms with van der Waals surface area (Å²) < 4.78 is 18.2. The summed E-state index contributed by atoms with van der Waals surface area (Å²) in [4.78, 5) is 96.7. The standard InChI is InChI=1S/C60H82N6O10/c1-12-38(6)54(63(8)52(36(2)3)57(69)62-58(70)53(37(4)5)64(9)60(72)75-35-47-45-25-18-16-23-43(45)44-24-17-19-26-46(44)47)50(73-10)34-51(67)65-32-20-27-49(65)55(74-11)39(7)56(68)61-48(33-40-21-14-13-15-22-40)59(71)66-41-28-30-42(76-66)31-29-41/h13-19,21-26,28,30,36-39,41-42,47-50,52-55H,12,20,27,29,31-35H2,1-11H3,(H,61,68)(H,62,69,70)/t38-,39+,41?,42?,48-,49-,50+,52-,53-,54-,55+/m0/s1. The number of imide groups is 1. The normalized spacial score (nSPS) is 21.1. The summed E-state index contributed by atoms with van der Waals surface area (Å²) in [5, 5.41) is 7.15. The average molecular weight is 1050 g/mol. The van der Waals surface area contributed by atoms with E-state index in [-0.39, 0.29) is 73.0 Å². The van der Waals surface area contributed by atoms with E-state index in [4.69, 9.17) is 19.0 Å². The lowest BCUT2D eigenvalue weighted by Gasteiger charge is -2.43. The first-order valence-electron chi connectivity index (χ1n) is 27.4. The van der Waals surface area contributed by atoms with Crippen LogP contribution in [0.1, 0.15) is 110 Å². The van der Waals surface area contributed by atoms with E-state index >= 15 is 0 Å². The van der Waals surface area contributed by atoms with E-state index in [1.807, 2.05) is 125 Å². The minimum atomic E-state index is -1.02. The number of likely N-dealkylation sites (tertiary alicyclic amines) is 1. The molecule has 3 aromatic carbocycles. The molecule has 6 amide bonds. The zero-order chi connectivity index (χ0) is 55.0. The van der Waals surface area contributed by atoms with Crippen molar-refractivity contribution in [3.05, 3.63) is 108 Å².